The number of furan rings is 1. The summed E-state index contributed by atoms with van der Waals surface area (Å²) >= 11 is 0. The predicted octanol–water partition coefficient (Wildman–Crippen LogP) is 4.97. The van der Waals surface area contributed by atoms with E-state index < -0.39 is 35.1 Å². The second-order valence-corrected chi connectivity index (χ2v) is 7.29. The lowest BCUT2D eigenvalue weighted by Crippen LogP contribution is -2.31. The smallest absolute Gasteiger partial charge is 0.294 e. The maximum absolute atomic E-state index is 14.5. The van der Waals surface area contributed by atoms with E-state index in [1.807, 2.05) is 30.3 Å². The fourth-order valence-corrected chi connectivity index (χ4v) is 3.72. The maximum atomic E-state index is 14.5. The fraction of sp³-hybridized carbons (Fsp3) is 0.167. The SMILES string of the molecule is Cc1ccc(C2C(C(=O)CCc3ccccc3)=C(O)C(=O)N2c2ccc(F)cc2F)o1. The molecular formula is C24H19F2NO4. The zero-order valence-corrected chi connectivity index (χ0v) is 16.6. The van der Waals surface area contributed by atoms with Gasteiger partial charge in [-0.15, -0.1) is 0 Å². The van der Waals surface area contributed by atoms with Crippen molar-refractivity contribution in [2.75, 3.05) is 4.90 Å². The summed E-state index contributed by atoms with van der Waals surface area (Å²) in [5, 5.41) is 10.6. The summed E-state index contributed by atoms with van der Waals surface area (Å²) in [6.07, 6.45) is 0.437. The van der Waals surface area contributed by atoms with Gasteiger partial charge in [-0.25, -0.2) is 8.78 Å². The van der Waals surface area contributed by atoms with Crippen molar-refractivity contribution in [2.24, 2.45) is 0 Å². The second-order valence-electron chi connectivity index (χ2n) is 7.29. The number of rotatable bonds is 6. The minimum absolute atomic E-state index is 0.0343. The average Bonchev–Trinajstić information content (AvgIpc) is 3.29. The molecule has 0 radical (unpaired) electrons. The molecule has 0 saturated carbocycles. The van der Waals surface area contributed by atoms with Crippen molar-refractivity contribution in [3.8, 4) is 0 Å². The number of amides is 1. The molecule has 3 aromatic rings. The van der Waals surface area contributed by atoms with E-state index in [1.165, 1.54) is 0 Å². The highest BCUT2D eigenvalue weighted by Crippen LogP contribution is 2.42. The van der Waals surface area contributed by atoms with Crippen molar-refractivity contribution in [3.05, 3.63) is 101 Å². The van der Waals surface area contributed by atoms with Gasteiger partial charge in [0.05, 0.1) is 11.3 Å². The predicted molar refractivity (Wildman–Crippen MR) is 109 cm³/mol. The molecule has 0 aliphatic carbocycles. The van der Waals surface area contributed by atoms with Crippen LogP contribution in [0, 0.1) is 18.6 Å². The highest BCUT2D eigenvalue weighted by atomic mass is 19.1. The lowest BCUT2D eigenvalue weighted by Gasteiger charge is -2.25. The van der Waals surface area contributed by atoms with Crippen LogP contribution in [0.4, 0.5) is 14.5 Å². The molecule has 4 rings (SSSR count). The third-order valence-corrected chi connectivity index (χ3v) is 5.19. The number of carbonyl (C=O) groups excluding carboxylic acids is 2. The van der Waals surface area contributed by atoms with Gasteiger partial charge in [-0.1, -0.05) is 30.3 Å². The molecule has 31 heavy (non-hydrogen) atoms. The molecule has 1 aromatic heterocycles. The fourth-order valence-electron chi connectivity index (χ4n) is 3.72. The number of aryl methyl sites for hydroxylation is 2. The van der Waals surface area contributed by atoms with Crippen molar-refractivity contribution in [3.63, 3.8) is 0 Å². The average molecular weight is 423 g/mol. The number of anilines is 1. The van der Waals surface area contributed by atoms with Gasteiger partial charge in [0.2, 0.25) is 0 Å². The Bertz CT molecular complexity index is 1180. The molecule has 1 N–H and O–H groups in total. The van der Waals surface area contributed by atoms with Crippen LogP contribution in [0.25, 0.3) is 0 Å². The molecule has 1 aliphatic heterocycles. The topological polar surface area (TPSA) is 70.8 Å². The van der Waals surface area contributed by atoms with Crippen LogP contribution in [0.2, 0.25) is 0 Å². The molecule has 2 aromatic carbocycles. The van der Waals surface area contributed by atoms with Crippen LogP contribution in [0.1, 0.15) is 29.5 Å². The first-order valence-corrected chi connectivity index (χ1v) is 9.72. The number of benzene rings is 2. The van der Waals surface area contributed by atoms with Crippen LogP contribution in [-0.4, -0.2) is 16.8 Å². The van der Waals surface area contributed by atoms with Gasteiger partial charge in [-0.3, -0.25) is 14.5 Å². The minimum Gasteiger partial charge on any atom is -0.503 e. The van der Waals surface area contributed by atoms with Crippen LogP contribution >= 0.6 is 0 Å². The summed E-state index contributed by atoms with van der Waals surface area (Å²) < 4.78 is 33.6. The van der Waals surface area contributed by atoms with E-state index in [4.69, 9.17) is 4.42 Å². The van der Waals surface area contributed by atoms with Crippen LogP contribution in [0.5, 0.6) is 0 Å². The summed E-state index contributed by atoms with van der Waals surface area (Å²) in [7, 11) is 0. The van der Waals surface area contributed by atoms with E-state index >= 15 is 0 Å². The molecule has 1 aliphatic rings. The number of ketones is 1. The second kappa shape index (κ2) is 8.18. The summed E-state index contributed by atoms with van der Waals surface area (Å²) in [5.74, 6) is -3.26. The Kier molecular flexibility index (Phi) is 5.42. The van der Waals surface area contributed by atoms with E-state index in [-0.39, 0.29) is 23.4 Å². The molecule has 158 valence electrons. The Morgan fingerprint density at radius 1 is 1.10 bits per heavy atom. The summed E-state index contributed by atoms with van der Waals surface area (Å²) in [6, 6.07) is 14.1. The number of aliphatic hydroxyl groups is 1. The molecule has 7 heteroatoms. The first kappa shape index (κ1) is 20.5. The maximum Gasteiger partial charge on any atom is 0.294 e. The van der Waals surface area contributed by atoms with Crippen molar-refractivity contribution in [1.29, 1.82) is 0 Å². The first-order chi connectivity index (χ1) is 14.9. The van der Waals surface area contributed by atoms with E-state index in [0.717, 1.165) is 22.6 Å². The Balaban J connectivity index is 1.73. The molecule has 1 atom stereocenters. The number of halogens is 2. The molecule has 5 nitrogen and oxygen atoms in total. The van der Waals surface area contributed by atoms with Crippen LogP contribution in [0.15, 0.2) is 76.4 Å². The summed E-state index contributed by atoms with van der Waals surface area (Å²) in [6.45, 7) is 1.68. The Hall–Kier alpha value is -3.74. The molecular weight excluding hydrogens is 404 g/mol. The van der Waals surface area contributed by atoms with Crippen molar-refractivity contribution in [2.45, 2.75) is 25.8 Å². The normalized spacial score (nSPS) is 16.3. The molecule has 1 amide bonds. The first-order valence-electron chi connectivity index (χ1n) is 9.72. The minimum atomic E-state index is -1.16. The molecule has 0 bridgehead atoms. The van der Waals surface area contributed by atoms with E-state index in [9.17, 15) is 23.5 Å². The van der Waals surface area contributed by atoms with E-state index in [0.29, 0.717) is 18.2 Å². The Morgan fingerprint density at radius 3 is 2.48 bits per heavy atom. The standard InChI is InChI=1S/C24H19F2NO4/c1-14-7-12-20(31-14)22-21(19(28)11-8-15-5-3-2-4-6-15)23(29)24(30)27(22)18-10-9-16(25)13-17(18)26/h2-7,9-10,12-13,22,29H,8,11H2,1H3. The molecule has 0 spiro atoms. The third kappa shape index (κ3) is 3.86. The number of hydrogen-bond donors (Lipinski definition) is 1. The van der Waals surface area contributed by atoms with Crippen molar-refractivity contribution < 1.29 is 27.9 Å². The summed E-state index contributed by atoms with van der Waals surface area (Å²) in [4.78, 5) is 26.9. The van der Waals surface area contributed by atoms with Gasteiger partial charge in [0.15, 0.2) is 11.5 Å². The van der Waals surface area contributed by atoms with Gasteiger partial charge in [0.1, 0.15) is 29.2 Å². The number of nitrogens with zero attached hydrogens (tertiary/aromatic N) is 1. The number of aliphatic hydroxyl groups excluding tert-OH is 1. The highest BCUT2D eigenvalue weighted by molar-refractivity contribution is 6.16. The van der Waals surface area contributed by atoms with Gasteiger partial charge >= 0.3 is 0 Å². The van der Waals surface area contributed by atoms with Gasteiger partial charge in [0, 0.05) is 12.5 Å². The molecule has 0 fully saturated rings. The van der Waals surface area contributed by atoms with Crippen molar-refractivity contribution >= 4 is 17.4 Å². The Labute approximate surface area is 177 Å². The monoisotopic (exact) mass is 423 g/mol. The number of Topliss-reactive ketones (excluding diaryl/α,β-unsaturated/α-hetero) is 1. The van der Waals surface area contributed by atoms with Crippen LogP contribution in [-0.2, 0) is 16.0 Å². The quantitative estimate of drug-likeness (QED) is 0.608. The van der Waals surface area contributed by atoms with Crippen molar-refractivity contribution in [1.82, 2.24) is 0 Å². The van der Waals surface area contributed by atoms with Gasteiger partial charge in [-0.05, 0) is 43.2 Å². The summed E-state index contributed by atoms with van der Waals surface area (Å²) in [5.41, 5.74) is 0.494. The van der Waals surface area contributed by atoms with Gasteiger partial charge < -0.3 is 9.52 Å². The van der Waals surface area contributed by atoms with E-state index in [2.05, 4.69) is 0 Å². The molecule has 2 heterocycles. The van der Waals surface area contributed by atoms with Crippen LogP contribution in [0.3, 0.4) is 0 Å². The van der Waals surface area contributed by atoms with Gasteiger partial charge in [-0.2, -0.15) is 0 Å². The highest BCUT2D eigenvalue weighted by Gasteiger charge is 2.46. The van der Waals surface area contributed by atoms with E-state index in [1.54, 1.807) is 19.1 Å². The third-order valence-electron chi connectivity index (χ3n) is 5.19. The zero-order chi connectivity index (χ0) is 22.1. The lowest BCUT2D eigenvalue weighted by atomic mass is 9.96. The van der Waals surface area contributed by atoms with Gasteiger partial charge in [0.25, 0.3) is 5.91 Å². The lowest BCUT2D eigenvalue weighted by molar-refractivity contribution is -0.118. The molecule has 0 saturated heterocycles. The van der Waals surface area contributed by atoms with Crippen LogP contribution < -0.4 is 4.90 Å². The zero-order valence-electron chi connectivity index (χ0n) is 16.6. The molecule has 1 unspecified atom stereocenters. The Morgan fingerprint density at radius 2 is 1.84 bits per heavy atom. The number of hydrogen-bond acceptors (Lipinski definition) is 4. The number of carbonyl (C=O) groups is 2. The largest absolute Gasteiger partial charge is 0.503 e.